The fraction of sp³-hybridized carbons (Fsp3) is 0.667. The van der Waals surface area contributed by atoms with E-state index in [0.29, 0.717) is 18.5 Å². The molecule has 0 spiro atoms. The van der Waals surface area contributed by atoms with Crippen LogP contribution in [0.4, 0.5) is 0 Å². The normalized spacial score (nSPS) is 21.2. The van der Waals surface area contributed by atoms with Crippen molar-refractivity contribution in [1.29, 1.82) is 0 Å². The van der Waals surface area contributed by atoms with Crippen molar-refractivity contribution in [2.75, 3.05) is 33.8 Å². The third-order valence-corrected chi connectivity index (χ3v) is 3.95. The summed E-state index contributed by atoms with van der Waals surface area (Å²) in [5, 5.41) is 9.38. The van der Waals surface area contributed by atoms with E-state index in [2.05, 4.69) is 16.4 Å². The van der Waals surface area contributed by atoms with Crippen LogP contribution in [0.3, 0.4) is 0 Å². The molecule has 0 aromatic rings. The highest BCUT2D eigenvalue weighted by molar-refractivity contribution is 7.94. The van der Waals surface area contributed by atoms with Gasteiger partial charge in [0.2, 0.25) is 0 Å². The topological polar surface area (TPSA) is 77.4 Å². The summed E-state index contributed by atoms with van der Waals surface area (Å²) in [4.78, 5) is 17.6. The molecule has 114 valence electrons. The Kier molecular flexibility index (Phi) is 7.00. The second-order valence-corrected chi connectivity index (χ2v) is 5.30. The van der Waals surface area contributed by atoms with Gasteiger partial charge >= 0.3 is 5.97 Å². The minimum atomic E-state index is -0.370. The number of hydrogen-bond acceptors (Lipinski definition) is 8. The second-order valence-electron chi connectivity index (χ2n) is 4.46. The average molecular weight is 302 g/mol. The van der Waals surface area contributed by atoms with Crippen molar-refractivity contribution in [3.8, 4) is 0 Å². The second kappa shape index (κ2) is 8.25. The molecule has 0 radical (unpaired) electrons. The molecule has 1 heterocycles. The fourth-order valence-corrected chi connectivity index (χ4v) is 2.59. The molecule has 2 N–H and O–H groups in total. The van der Waals surface area contributed by atoms with Gasteiger partial charge in [0.1, 0.15) is 0 Å². The minimum absolute atomic E-state index is 0.144. The van der Waals surface area contributed by atoms with Gasteiger partial charge in [0, 0.05) is 50.4 Å². The van der Waals surface area contributed by atoms with E-state index < -0.39 is 0 Å². The molecule has 1 rings (SSSR count). The van der Waals surface area contributed by atoms with Crippen molar-refractivity contribution in [2.24, 2.45) is 4.99 Å². The summed E-state index contributed by atoms with van der Waals surface area (Å²) in [6, 6.07) is 0.144. The van der Waals surface area contributed by atoms with Gasteiger partial charge in [0.25, 0.3) is 0 Å². The number of ether oxygens (including phenoxy) is 1. The Hall–Kier alpha value is -1.09. The zero-order chi connectivity index (χ0) is 15.1. The average Bonchev–Trinajstić information content (AvgIpc) is 2.82. The quantitative estimate of drug-likeness (QED) is 0.235. The highest BCUT2D eigenvalue weighted by Gasteiger charge is 2.29. The maximum atomic E-state index is 11.8. The van der Waals surface area contributed by atoms with Gasteiger partial charge in [-0.15, -0.1) is 4.47 Å². The van der Waals surface area contributed by atoms with E-state index in [1.165, 1.54) is 7.11 Å². The summed E-state index contributed by atoms with van der Waals surface area (Å²) in [5.41, 5.74) is 1.44. The summed E-state index contributed by atoms with van der Waals surface area (Å²) in [6.07, 6.45) is 0.682. The molecule has 0 saturated carbocycles. The molecule has 0 bridgehead atoms. The molecule has 20 heavy (non-hydrogen) atoms. The zero-order valence-electron chi connectivity index (χ0n) is 12.1. The minimum Gasteiger partial charge on any atom is -0.466 e. The maximum Gasteiger partial charge on any atom is 0.337 e. The molecule has 7 nitrogen and oxygen atoms in total. The van der Waals surface area contributed by atoms with Crippen LogP contribution < -0.4 is 4.72 Å². The molecule has 1 aliphatic rings. The molecule has 0 aromatic carbocycles. The lowest BCUT2D eigenvalue weighted by Crippen LogP contribution is -2.29. The molecule has 1 fully saturated rings. The summed E-state index contributed by atoms with van der Waals surface area (Å²) in [7, 11) is 3.28. The summed E-state index contributed by atoms with van der Waals surface area (Å²) in [5.74, 6) is -0.370. The third-order valence-electron chi connectivity index (χ3n) is 3.04. The third kappa shape index (κ3) is 4.48. The molecular weight excluding hydrogens is 280 g/mol. The zero-order valence-corrected chi connectivity index (χ0v) is 12.9. The lowest BCUT2D eigenvalue weighted by molar-refractivity contribution is -0.136. The number of hydrogen-bond donors (Lipinski definition) is 2. The summed E-state index contributed by atoms with van der Waals surface area (Å²) < 4.78 is 9.08. The van der Waals surface area contributed by atoms with E-state index in [1.807, 2.05) is 18.9 Å². The monoisotopic (exact) mass is 302 g/mol. The molecule has 1 unspecified atom stereocenters. The number of carbonyl (C=O) groups excluding carboxylic acids is 1. The molecule has 1 atom stereocenters. The number of methoxy groups -OCH3 is 1. The van der Waals surface area contributed by atoms with Crippen LogP contribution in [0.5, 0.6) is 0 Å². The Bertz CT molecular complexity index is 389. The smallest absolute Gasteiger partial charge is 0.337 e. The molecule has 0 aromatic heterocycles. The molecule has 0 amide bonds. The standard InChI is InChI=1S/C12H22N4O3S/c1-5-16(18)20-14-9-6-11(15(3)8-9)10(7-13-2)12(17)19-4/h9,14,18H,2,5-8H2,1,3-4H3/b11-10+. The number of rotatable bonds is 7. The van der Waals surface area contributed by atoms with Crippen molar-refractivity contribution in [2.45, 2.75) is 19.4 Å². The van der Waals surface area contributed by atoms with Crippen LogP contribution in [-0.4, -0.2) is 67.1 Å². The SMILES string of the molecule is C=NC/C(C(=O)OC)=C1/CC(NSN(O)CC)CN1C. The van der Waals surface area contributed by atoms with Crippen LogP contribution in [-0.2, 0) is 9.53 Å². The van der Waals surface area contributed by atoms with Gasteiger partial charge in [0.05, 0.1) is 19.2 Å². The Morgan fingerprint density at radius 1 is 1.75 bits per heavy atom. The molecular formula is C12H22N4O3S. The number of esters is 1. The van der Waals surface area contributed by atoms with Crippen LogP contribution in [0.25, 0.3) is 0 Å². The van der Waals surface area contributed by atoms with E-state index in [9.17, 15) is 10.0 Å². The van der Waals surface area contributed by atoms with Crippen LogP contribution in [0.2, 0.25) is 0 Å². The largest absolute Gasteiger partial charge is 0.466 e. The van der Waals surface area contributed by atoms with Gasteiger partial charge in [0.15, 0.2) is 0 Å². The number of likely N-dealkylation sites (N-methyl/N-ethyl adjacent to an activating group) is 1. The highest BCUT2D eigenvalue weighted by atomic mass is 32.2. The number of carbonyl (C=O) groups is 1. The van der Waals surface area contributed by atoms with Crippen LogP contribution in [0, 0.1) is 0 Å². The van der Waals surface area contributed by atoms with Gasteiger partial charge in [-0.05, 0) is 13.6 Å². The maximum absolute atomic E-state index is 11.8. The number of nitrogens with zero attached hydrogens (tertiary/aromatic N) is 3. The predicted molar refractivity (Wildman–Crippen MR) is 79.4 cm³/mol. The van der Waals surface area contributed by atoms with Crippen LogP contribution >= 0.6 is 12.1 Å². The van der Waals surface area contributed by atoms with Crippen LogP contribution in [0.1, 0.15) is 13.3 Å². The van der Waals surface area contributed by atoms with E-state index in [0.717, 1.165) is 28.8 Å². The van der Waals surface area contributed by atoms with E-state index >= 15 is 0 Å². The van der Waals surface area contributed by atoms with Crippen molar-refractivity contribution in [3.05, 3.63) is 11.3 Å². The first kappa shape index (κ1) is 17.0. The lowest BCUT2D eigenvalue weighted by atomic mass is 10.1. The van der Waals surface area contributed by atoms with Gasteiger partial charge in [-0.3, -0.25) is 4.99 Å². The Balaban J connectivity index is 2.75. The first-order valence-electron chi connectivity index (χ1n) is 6.36. The van der Waals surface area contributed by atoms with Crippen molar-refractivity contribution in [1.82, 2.24) is 14.1 Å². The predicted octanol–water partition coefficient (Wildman–Crippen LogP) is 0.682. The van der Waals surface area contributed by atoms with Crippen LogP contribution in [0.15, 0.2) is 16.3 Å². The molecule has 8 heteroatoms. The summed E-state index contributed by atoms with van der Waals surface area (Å²) >= 11 is 1.15. The number of likely N-dealkylation sites (tertiary alicyclic amines) is 1. The highest BCUT2D eigenvalue weighted by Crippen LogP contribution is 2.25. The van der Waals surface area contributed by atoms with E-state index in [-0.39, 0.29) is 18.6 Å². The first-order chi connectivity index (χ1) is 9.53. The summed E-state index contributed by atoms with van der Waals surface area (Å²) in [6.45, 7) is 6.80. The Morgan fingerprint density at radius 3 is 3.00 bits per heavy atom. The van der Waals surface area contributed by atoms with Crippen molar-refractivity contribution < 1.29 is 14.7 Å². The molecule has 1 saturated heterocycles. The molecule has 1 aliphatic heterocycles. The Morgan fingerprint density at radius 2 is 2.45 bits per heavy atom. The number of nitrogens with one attached hydrogen (secondary N) is 1. The fourth-order valence-electron chi connectivity index (χ4n) is 2.04. The number of aliphatic imine (C=N–C) groups is 1. The first-order valence-corrected chi connectivity index (χ1v) is 7.13. The van der Waals surface area contributed by atoms with Crippen molar-refractivity contribution >= 4 is 24.8 Å². The van der Waals surface area contributed by atoms with E-state index in [4.69, 9.17) is 4.74 Å². The lowest BCUT2D eigenvalue weighted by Gasteiger charge is -2.16. The van der Waals surface area contributed by atoms with Gasteiger partial charge < -0.3 is 14.8 Å². The van der Waals surface area contributed by atoms with Crippen molar-refractivity contribution in [3.63, 3.8) is 0 Å². The van der Waals surface area contributed by atoms with Gasteiger partial charge in [-0.2, -0.15) is 0 Å². The Labute approximate surface area is 123 Å². The molecule has 0 aliphatic carbocycles. The van der Waals surface area contributed by atoms with E-state index in [1.54, 1.807) is 0 Å². The number of hydroxylamine groups is 1. The van der Waals surface area contributed by atoms with Gasteiger partial charge in [-0.1, -0.05) is 0 Å². The van der Waals surface area contributed by atoms with Gasteiger partial charge in [-0.25, -0.2) is 9.52 Å².